The Balaban J connectivity index is 0.00000169. The van der Waals surface area contributed by atoms with Gasteiger partial charge in [0, 0.05) is 18.5 Å². The van der Waals surface area contributed by atoms with E-state index in [-0.39, 0.29) is 31.1 Å². The maximum absolute atomic E-state index is 12.4. The van der Waals surface area contributed by atoms with E-state index in [1.807, 2.05) is 25.1 Å². The molecule has 3 heterocycles. The summed E-state index contributed by atoms with van der Waals surface area (Å²) in [5.41, 5.74) is 1.05. The molecule has 1 aromatic rings. The van der Waals surface area contributed by atoms with Crippen molar-refractivity contribution in [3.05, 3.63) is 23.8 Å². The van der Waals surface area contributed by atoms with Crippen LogP contribution in [-0.4, -0.2) is 24.8 Å². The molecule has 1 amide bonds. The molecule has 0 radical (unpaired) electrons. The van der Waals surface area contributed by atoms with Crippen LogP contribution < -0.4 is 20.1 Å². The summed E-state index contributed by atoms with van der Waals surface area (Å²) in [6, 6.07) is 7.11. The lowest BCUT2D eigenvalue weighted by atomic mass is 9.89. The number of benzene rings is 1. The van der Waals surface area contributed by atoms with Crippen molar-refractivity contribution in [1.82, 2.24) is 10.6 Å². The standard InChI is InChI=1S/C18H24N2O3.ClH/c1-11(13-2-5-16-17(9-13)23-10-22-16)19-18(21)8-12-6-14-3-4-15(7-12)20-14;/h2,5,9,11-12,14-15,20H,3-4,6-8,10H2,1H3,(H,19,21);1H. The van der Waals surface area contributed by atoms with Gasteiger partial charge in [-0.3, -0.25) is 4.79 Å². The maximum atomic E-state index is 12.4. The van der Waals surface area contributed by atoms with E-state index in [4.69, 9.17) is 9.47 Å². The number of ether oxygens (including phenoxy) is 2. The number of fused-ring (bicyclic) bond motifs is 3. The molecule has 0 aliphatic carbocycles. The fourth-order valence-corrected chi connectivity index (χ4v) is 4.17. The summed E-state index contributed by atoms with van der Waals surface area (Å²) < 4.78 is 10.7. The Morgan fingerprint density at radius 1 is 1.25 bits per heavy atom. The molecule has 0 aromatic heterocycles. The third-order valence-electron chi connectivity index (χ3n) is 5.32. The first kappa shape index (κ1) is 17.4. The molecule has 2 bridgehead atoms. The number of nitrogens with one attached hydrogen (secondary N) is 2. The van der Waals surface area contributed by atoms with E-state index in [1.54, 1.807) is 0 Å². The molecule has 1 aromatic carbocycles. The van der Waals surface area contributed by atoms with Crippen LogP contribution in [0.3, 0.4) is 0 Å². The highest BCUT2D eigenvalue weighted by atomic mass is 35.5. The van der Waals surface area contributed by atoms with Gasteiger partial charge in [-0.15, -0.1) is 12.4 Å². The SMILES string of the molecule is CC(NC(=O)CC1CC2CCC(C1)N2)c1ccc2c(c1)OCO2.Cl. The maximum Gasteiger partial charge on any atom is 0.231 e. The summed E-state index contributed by atoms with van der Waals surface area (Å²) in [5.74, 6) is 2.22. The molecule has 3 aliphatic rings. The molecule has 5 nitrogen and oxygen atoms in total. The Morgan fingerprint density at radius 3 is 2.71 bits per heavy atom. The van der Waals surface area contributed by atoms with Crippen molar-refractivity contribution in [3.63, 3.8) is 0 Å². The molecule has 24 heavy (non-hydrogen) atoms. The summed E-state index contributed by atoms with van der Waals surface area (Å²) in [6.07, 6.45) is 5.47. The van der Waals surface area contributed by atoms with Crippen molar-refractivity contribution in [2.75, 3.05) is 6.79 Å². The van der Waals surface area contributed by atoms with Crippen LogP contribution in [0.25, 0.3) is 0 Å². The Kier molecular flexibility index (Phi) is 5.21. The van der Waals surface area contributed by atoms with Crippen LogP contribution in [0.2, 0.25) is 0 Å². The molecule has 4 rings (SSSR count). The van der Waals surface area contributed by atoms with E-state index < -0.39 is 0 Å². The van der Waals surface area contributed by atoms with Crippen LogP contribution in [0, 0.1) is 5.92 Å². The smallest absolute Gasteiger partial charge is 0.231 e. The Morgan fingerprint density at radius 2 is 1.96 bits per heavy atom. The Bertz CT molecular complexity index is 598. The molecule has 3 aliphatic heterocycles. The number of rotatable bonds is 4. The molecule has 3 atom stereocenters. The fourth-order valence-electron chi connectivity index (χ4n) is 4.17. The first-order valence-corrected chi connectivity index (χ1v) is 8.62. The van der Waals surface area contributed by atoms with Crippen LogP contribution in [0.15, 0.2) is 18.2 Å². The average Bonchev–Trinajstić information content (AvgIpc) is 3.12. The van der Waals surface area contributed by atoms with E-state index in [2.05, 4.69) is 10.6 Å². The molecule has 2 saturated heterocycles. The average molecular weight is 353 g/mol. The molecular weight excluding hydrogens is 328 g/mol. The zero-order valence-electron chi connectivity index (χ0n) is 13.9. The lowest BCUT2D eigenvalue weighted by Crippen LogP contribution is -2.40. The molecule has 2 fully saturated rings. The molecule has 0 saturated carbocycles. The van der Waals surface area contributed by atoms with Crippen LogP contribution in [-0.2, 0) is 4.79 Å². The minimum absolute atomic E-state index is 0. The second-order valence-electron chi connectivity index (χ2n) is 7.08. The first-order valence-electron chi connectivity index (χ1n) is 8.62. The Hall–Kier alpha value is -1.46. The number of carbonyl (C=O) groups is 1. The highest BCUT2D eigenvalue weighted by Gasteiger charge is 2.34. The van der Waals surface area contributed by atoms with Gasteiger partial charge in [0.15, 0.2) is 11.5 Å². The highest BCUT2D eigenvalue weighted by molar-refractivity contribution is 5.85. The number of amides is 1. The molecule has 3 unspecified atom stereocenters. The Labute approximate surface area is 148 Å². The summed E-state index contributed by atoms with van der Waals surface area (Å²) in [5, 5.41) is 6.76. The fraction of sp³-hybridized carbons (Fsp3) is 0.611. The first-order chi connectivity index (χ1) is 11.2. The number of hydrogen-bond acceptors (Lipinski definition) is 4. The van der Waals surface area contributed by atoms with Gasteiger partial charge in [0.2, 0.25) is 12.7 Å². The van der Waals surface area contributed by atoms with Crippen molar-refractivity contribution in [3.8, 4) is 11.5 Å². The summed E-state index contributed by atoms with van der Waals surface area (Å²) >= 11 is 0. The van der Waals surface area contributed by atoms with Gasteiger partial charge in [0.25, 0.3) is 0 Å². The molecular formula is C18H25ClN2O3. The van der Waals surface area contributed by atoms with E-state index in [1.165, 1.54) is 12.8 Å². The van der Waals surface area contributed by atoms with E-state index in [0.717, 1.165) is 29.9 Å². The van der Waals surface area contributed by atoms with Crippen LogP contribution >= 0.6 is 12.4 Å². The lowest BCUT2D eigenvalue weighted by Gasteiger charge is -2.29. The topological polar surface area (TPSA) is 59.6 Å². The molecule has 2 N–H and O–H groups in total. The van der Waals surface area contributed by atoms with E-state index in [0.29, 0.717) is 24.4 Å². The molecule has 132 valence electrons. The lowest BCUT2D eigenvalue weighted by molar-refractivity contribution is -0.122. The van der Waals surface area contributed by atoms with Crippen molar-refractivity contribution < 1.29 is 14.3 Å². The van der Waals surface area contributed by atoms with E-state index in [9.17, 15) is 4.79 Å². The van der Waals surface area contributed by atoms with Crippen LogP contribution in [0.1, 0.15) is 50.6 Å². The van der Waals surface area contributed by atoms with Gasteiger partial charge in [0.1, 0.15) is 0 Å². The second kappa shape index (κ2) is 7.19. The van der Waals surface area contributed by atoms with Crippen molar-refractivity contribution in [2.24, 2.45) is 5.92 Å². The quantitative estimate of drug-likeness (QED) is 0.874. The zero-order valence-corrected chi connectivity index (χ0v) is 14.7. The summed E-state index contributed by atoms with van der Waals surface area (Å²) in [4.78, 5) is 12.4. The minimum atomic E-state index is -0.0181. The predicted molar refractivity (Wildman–Crippen MR) is 93.7 cm³/mol. The second-order valence-corrected chi connectivity index (χ2v) is 7.08. The monoisotopic (exact) mass is 352 g/mol. The van der Waals surface area contributed by atoms with Gasteiger partial charge >= 0.3 is 0 Å². The van der Waals surface area contributed by atoms with Crippen molar-refractivity contribution in [2.45, 2.75) is 57.2 Å². The van der Waals surface area contributed by atoms with Gasteiger partial charge < -0.3 is 20.1 Å². The zero-order chi connectivity index (χ0) is 15.8. The third kappa shape index (κ3) is 3.62. The van der Waals surface area contributed by atoms with Gasteiger partial charge in [-0.05, 0) is 56.2 Å². The van der Waals surface area contributed by atoms with Crippen LogP contribution in [0.5, 0.6) is 11.5 Å². The largest absolute Gasteiger partial charge is 0.454 e. The van der Waals surface area contributed by atoms with Crippen LogP contribution in [0.4, 0.5) is 0 Å². The van der Waals surface area contributed by atoms with Gasteiger partial charge in [-0.2, -0.15) is 0 Å². The minimum Gasteiger partial charge on any atom is -0.454 e. The molecule has 0 spiro atoms. The number of halogens is 1. The summed E-state index contributed by atoms with van der Waals surface area (Å²) in [7, 11) is 0. The summed E-state index contributed by atoms with van der Waals surface area (Å²) in [6.45, 7) is 2.29. The van der Waals surface area contributed by atoms with E-state index >= 15 is 0 Å². The third-order valence-corrected chi connectivity index (χ3v) is 5.32. The van der Waals surface area contributed by atoms with Gasteiger partial charge in [0.05, 0.1) is 6.04 Å². The number of carbonyl (C=O) groups excluding carboxylic acids is 1. The van der Waals surface area contributed by atoms with Gasteiger partial charge in [-0.25, -0.2) is 0 Å². The number of hydrogen-bond donors (Lipinski definition) is 2. The highest BCUT2D eigenvalue weighted by Crippen LogP contribution is 2.35. The number of piperidine rings is 1. The van der Waals surface area contributed by atoms with Crippen molar-refractivity contribution in [1.29, 1.82) is 0 Å². The predicted octanol–water partition coefficient (Wildman–Crippen LogP) is 2.94. The normalized spacial score (nSPS) is 28.1. The molecule has 6 heteroatoms. The van der Waals surface area contributed by atoms with Crippen molar-refractivity contribution >= 4 is 18.3 Å². The van der Waals surface area contributed by atoms with Gasteiger partial charge in [-0.1, -0.05) is 6.07 Å².